The van der Waals surface area contributed by atoms with Crippen LogP contribution in [0.2, 0.25) is 5.02 Å². The number of halogens is 2. The molecule has 0 aliphatic rings. The van der Waals surface area contributed by atoms with Crippen molar-refractivity contribution in [3.8, 4) is 6.07 Å². The lowest BCUT2D eigenvalue weighted by molar-refractivity contribution is 0.309. The Morgan fingerprint density at radius 1 is 1.25 bits per heavy atom. The molecular formula is C23H26ClFN2O. The van der Waals surface area contributed by atoms with Gasteiger partial charge in [-0.2, -0.15) is 5.26 Å². The number of aliphatic imine (C=N–C) groups is 1. The molecule has 0 fully saturated rings. The minimum atomic E-state index is -0.396. The number of nitrogens with zero attached hydrogens (tertiary/aromatic N) is 2. The van der Waals surface area contributed by atoms with Crippen LogP contribution in [0.4, 0.5) is 4.39 Å². The van der Waals surface area contributed by atoms with Crippen molar-refractivity contribution in [3.63, 3.8) is 0 Å². The minimum absolute atomic E-state index is 0.348. The molecule has 0 heterocycles. The van der Waals surface area contributed by atoms with Crippen molar-refractivity contribution >= 4 is 23.4 Å². The van der Waals surface area contributed by atoms with E-state index >= 15 is 0 Å². The van der Waals surface area contributed by atoms with E-state index in [1.807, 2.05) is 13.0 Å². The van der Waals surface area contributed by atoms with Gasteiger partial charge in [-0.05, 0) is 62.6 Å². The number of hydrogen-bond acceptors (Lipinski definition) is 3. The van der Waals surface area contributed by atoms with Crippen LogP contribution in [0.15, 0.2) is 83.0 Å². The molecule has 1 rings (SSSR count). The van der Waals surface area contributed by atoms with E-state index in [1.54, 1.807) is 63.4 Å². The first-order valence-electron chi connectivity index (χ1n) is 8.49. The number of ether oxygens (including phenoxy) is 1. The van der Waals surface area contributed by atoms with E-state index in [0.717, 1.165) is 5.57 Å². The highest BCUT2D eigenvalue weighted by Gasteiger charge is 2.15. The van der Waals surface area contributed by atoms with E-state index in [2.05, 4.69) is 18.2 Å². The number of allylic oxidation sites excluding steroid dienone is 7. The maximum Gasteiger partial charge on any atom is 0.137 e. The van der Waals surface area contributed by atoms with Gasteiger partial charge in [0.25, 0.3) is 0 Å². The smallest absolute Gasteiger partial charge is 0.137 e. The summed E-state index contributed by atoms with van der Waals surface area (Å²) in [4.78, 5) is 3.84. The molecule has 1 aromatic rings. The number of rotatable bonds is 6. The lowest BCUT2D eigenvalue weighted by atomic mass is 10.0. The van der Waals surface area contributed by atoms with Crippen LogP contribution >= 0.6 is 11.6 Å². The fourth-order valence-electron chi connectivity index (χ4n) is 1.95. The molecule has 0 N–H and O–H groups in total. The van der Waals surface area contributed by atoms with Crippen LogP contribution < -0.4 is 0 Å². The Balaban J connectivity index is 0.000000621. The molecule has 0 spiro atoms. The minimum Gasteiger partial charge on any atom is -0.496 e. The molecule has 148 valence electrons. The zero-order chi connectivity index (χ0) is 21.7. The fourth-order valence-corrected chi connectivity index (χ4v) is 2.14. The van der Waals surface area contributed by atoms with Gasteiger partial charge in [0.05, 0.1) is 12.7 Å². The Kier molecular flexibility index (Phi) is 11.9. The lowest BCUT2D eigenvalue weighted by Crippen LogP contribution is -1.96. The van der Waals surface area contributed by atoms with Gasteiger partial charge in [-0.3, -0.25) is 0 Å². The van der Waals surface area contributed by atoms with E-state index in [0.29, 0.717) is 33.2 Å². The Hall–Kier alpha value is -2.90. The fraction of sp³-hybridized carbons (Fsp3) is 0.217. The van der Waals surface area contributed by atoms with Crippen molar-refractivity contribution < 1.29 is 9.13 Å². The second-order valence-electron chi connectivity index (χ2n) is 5.73. The predicted octanol–water partition coefficient (Wildman–Crippen LogP) is 7.21. The first-order valence-corrected chi connectivity index (χ1v) is 8.87. The molecule has 1 aromatic carbocycles. The highest BCUT2D eigenvalue weighted by atomic mass is 35.5. The van der Waals surface area contributed by atoms with E-state index in [4.69, 9.17) is 21.6 Å². The normalized spacial score (nSPS) is 12.5. The van der Waals surface area contributed by atoms with Gasteiger partial charge in [0.1, 0.15) is 23.4 Å². The van der Waals surface area contributed by atoms with Gasteiger partial charge in [-0.1, -0.05) is 43.0 Å². The average Bonchev–Trinajstić information content (AvgIpc) is 2.66. The van der Waals surface area contributed by atoms with Crippen molar-refractivity contribution in [1.82, 2.24) is 0 Å². The topological polar surface area (TPSA) is 45.4 Å². The zero-order valence-corrected chi connectivity index (χ0v) is 17.8. The summed E-state index contributed by atoms with van der Waals surface area (Å²) in [5.74, 6) is 0.0602. The molecule has 0 aliphatic carbocycles. The van der Waals surface area contributed by atoms with Gasteiger partial charge in [0, 0.05) is 11.2 Å². The van der Waals surface area contributed by atoms with Crippen molar-refractivity contribution in [2.24, 2.45) is 4.99 Å². The monoisotopic (exact) mass is 400 g/mol. The molecule has 0 aromatic heterocycles. The van der Waals surface area contributed by atoms with E-state index in [-0.39, 0.29) is 0 Å². The van der Waals surface area contributed by atoms with Gasteiger partial charge in [0.15, 0.2) is 0 Å². The quantitative estimate of drug-likeness (QED) is 0.219. The molecule has 0 radical (unpaired) electrons. The third-order valence-electron chi connectivity index (χ3n) is 3.25. The average molecular weight is 401 g/mol. The molecule has 0 atom stereocenters. The Morgan fingerprint density at radius 2 is 1.89 bits per heavy atom. The molecule has 3 nitrogen and oxygen atoms in total. The summed E-state index contributed by atoms with van der Waals surface area (Å²) in [5.41, 5.74) is 2.65. The second-order valence-corrected chi connectivity index (χ2v) is 6.16. The molecule has 0 bridgehead atoms. The molecule has 5 heteroatoms. The number of nitriles is 1. The van der Waals surface area contributed by atoms with Crippen molar-refractivity contribution in [2.45, 2.75) is 27.7 Å². The highest BCUT2D eigenvalue weighted by molar-refractivity contribution is 6.30. The highest BCUT2D eigenvalue weighted by Crippen LogP contribution is 2.32. The van der Waals surface area contributed by atoms with E-state index < -0.39 is 5.83 Å². The van der Waals surface area contributed by atoms with Crippen LogP contribution in [0.1, 0.15) is 33.3 Å². The Labute approximate surface area is 172 Å². The number of benzene rings is 1. The van der Waals surface area contributed by atoms with Crippen LogP contribution in [0.3, 0.4) is 0 Å². The summed E-state index contributed by atoms with van der Waals surface area (Å²) in [6, 6.07) is 8.92. The van der Waals surface area contributed by atoms with Gasteiger partial charge >= 0.3 is 0 Å². The summed E-state index contributed by atoms with van der Waals surface area (Å²) >= 11 is 5.94. The number of hydrogen-bond donors (Lipinski definition) is 0. The van der Waals surface area contributed by atoms with Crippen molar-refractivity contribution in [3.05, 3.63) is 88.6 Å². The van der Waals surface area contributed by atoms with E-state index in [9.17, 15) is 4.39 Å². The van der Waals surface area contributed by atoms with Crippen LogP contribution in [0, 0.1) is 11.3 Å². The Bertz CT molecular complexity index is 871. The van der Waals surface area contributed by atoms with Crippen molar-refractivity contribution in [1.29, 1.82) is 5.26 Å². The van der Waals surface area contributed by atoms with Crippen LogP contribution in [0.5, 0.6) is 0 Å². The molecule has 0 saturated heterocycles. The molecule has 0 amide bonds. The molecule has 0 unspecified atom stereocenters. The van der Waals surface area contributed by atoms with Gasteiger partial charge in [-0.25, -0.2) is 9.38 Å². The van der Waals surface area contributed by atoms with Crippen LogP contribution in [-0.2, 0) is 4.74 Å². The third kappa shape index (κ3) is 8.66. The largest absolute Gasteiger partial charge is 0.496 e. The van der Waals surface area contributed by atoms with E-state index in [1.165, 1.54) is 7.11 Å². The maximum absolute atomic E-state index is 14.2. The Morgan fingerprint density at radius 3 is 2.29 bits per heavy atom. The summed E-state index contributed by atoms with van der Waals surface area (Å²) in [6.07, 6.45) is 4.93. The third-order valence-corrected chi connectivity index (χ3v) is 3.48. The molecular weight excluding hydrogens is 375 g/mol. The number of methoxy groups -OCH3 is 1. The SMILES string of the molecule is C=C(C)/C(F)=C(\C(=C/C)OC)c1cccc(Cl)c1.C=C(C)C=N/C(C#N)=C\C. The predicted molar refractivity (Wildman–Crippen MR) is 118 cm³/mol. The molecule has 0 aliphatic heterocycles. The van der Waals surface area contributed by atoms with Crippen LogP contribution in [-0.4, -0.2) is 13.3 Å². The second kappa shape index (κ2) is 13.3. The standard InChI is InChI=1S/C15H16ClFO.C8H10N2/c1-5-13(18-4)14(15(17)10(2)3)11-7-6-8-12(16)9-11;1-4-8(5-9)10-6-7(2)3/h5-9H,2H2,1,3-4H3;4,6H,2H2,1,3H3/b13-5+,15-14+;8-4-,10-6?. The first-order chi connectivity index (χ1) is 13.2. The summed E-state index contributed by atoms with van der Waals surface area (Å²) in [6.45, 7) is 14.2. The first kappa shape index (κ1) is 25.1. The molecule has 0 saturated carbocycles. The van der Waals surface area contributed by atoms with Gasteiger partial charge in [-0.15, -0.1) is 0 Å². The summed E-state index contributed by atoms with van der Waals surface area (Å²) in [7, 11) is 1.51. The van der Waals surface area contributed by atoms with Crippen LogP contribution in [0.25, 0.3) is 5.57 Å². The zero-order valence-electron chi connectivity index (χ0n) is 17.0. The van der Waals surface area contributed by atoms with Gasteiger partial charge in [0.2, 0.25) is 0 Å². The van der Waals surface area contributed by atoms with Crippen molar-refractivity contribution in [2.75, 3.05) is 7.11 Å². The summed E-state index contributed by atoms with van der Waals surface area (Å²) < 4.78 is 19.5. The summed E-state index contributed by atoms with van der Waals surface area (Å²) in [5, 5.41) is 8.92. The van der Waals surface area contributed by atoms with Gasteiger partial charge < -0.3 is 4.74 Å². The maximum atomic E-state index is 14.2. The lowest BCUT2D eigenvalue weighted by Gasteiger charge is -2.13. The molecule has 28 heavy (non-hydrogen) atoms.